The van der Waals surface area contributed by atoms with Gasteiger partial charge in [0.2, 0.25) is 0 Å². The predicted octanol–water partition coefficient (Wildman–Crippen LogP) is 2.63. The Bertz CT molecular complexity index is 471. The highest BCUT2D eigenvalue weighted by Crippen LogP contribution is 2.37. The summed E-state index contributed by atoms with van der Waals surface area (Å²) in [4.78, 5) is 12.3. The highest BCUT2D eigenvalue weighted by molar-refractivity contribution is 7.12. The number of ether oxygens (including phenoxy) is 3. The predicted molar refractivity (Wildman–Crippen MR) is 76.2 cm³/mol. The molecule has 1 aliphatic carbocycles. The first kappa shape index (κ1) is 13.9. The van der Waals surface area contributed by atoms with Gasteiger partial charge in [-0.25, -0.2) is 4.79 Å². The van der Waals surface area contributed by atoms with Crippen molar-refractivity contribution in [1.29, 1.82) is 0 Å². The van der Waals surface area contributed by atoms with Crippen LogP contribution in [0.3, 0.4) is 0 Å². The molecular formula is C14H19NO4S. The number of hydrogen-bond donors (Lipinski definition) is 1. The molecular weight excluding hydrogens is 278 g/mol. The first-order valence-corrected chi connectivity index (χ1v) is 7.81. The Morgan fingerprint density at radius 2 is 2.10 bits per heavy atom. The zero-order valence-electron chi connectivity index (χ0n) is 11.5. The Labute approximate surface area is 122 Å². The molecule has 0 amide bonds. The number of esters is 1. The second-order valence-corrected chi connectivity index (χ2v) is 6.10. The number of nitrogens with one attached hydrogen (secondary N) is 1. The summed E-state index contributed by atoms with van der Waals surface area (Å²) < 4.78 is 16.2. The molecule has 1 saturated heterocycles. The van der Waals surface area contributed by atoms with Crippen molar-refractivity contribution in [2.24, 2.45) is 0 Å². The molecule has 6 heteroatoms. The summed E-state index contributed by atoms with van der Waals surface area (Å²) in [6.07, 6.45) is 3.78. The normalized spacial score (nSPS) is 22.1. The molecule has 1 aromatic rings. The summed E-state index contributed by atoms with van der Waals surface area (Å²) in [6.45, 7) is 1.41. The van der Waals surface area contributed by atoms with Crippen LogP contribution >= 0.6 is 11.3 Å². The lowest BCUT2D eigenvalue weighted by Crippen LogP contribution is -2.39. The number of methoxy groups -OCH3 is 1. The second-order valence-electron chi connectivity index (χ2n) is 5.18. The lowest BCUT2D eigenvalue weighted by Gasteiger charge is -2.35. The van der Waals surface area contributed by atoms with Gasteiger partial charge in [-0.15, -0.1) is 11.3 Å². The van der Waals surface area contributed by atoms with Gasteiger partial charge in [-0.05, 0) is 24.3 Å². The zero-order chi connectivity index (χ0) is 14.0. The molecule has 0 unspecified atom stereocenters. The van der Waals surface area contributed by atoms with E-state index in [4.69, 9.17) is 14.2 Å². The summed E-state index contributed by atoms with van der Waals surface area (Å²) in [5.41, 5.74) is 0.871. The Balaban J connectivity index is 1.60. The van der Waals surface area contributed by atoms with E-state index in [0.717, 1.165) is 31.4 Å². The van der Waals surface area contributed by atoms with Crippen molar-refractivity contribution in [3.05, 3.63) is 16.3 Å². The number of carbonyl (C=O) groups is 1. The Morgan fingerprint density at radius 1 is 1.40 bits per heavy atom. The molecule has 20 heavy (non-hydrogen) atoms. The molecule has 1 spiro atoms. The average Bonchev–Trinajstić information content (AvgIpc) is 3.11. The second kappa shape index (κ2) is 5.71. The van der Waals surface area contributed by atoms with E-state index in [-0.39, 0.29) is 11.8 Å². The van der Waals surface area contributed by atoms with Crippen LogP contribution in [0.1, 0.15) is 35.4 Å². The lowest BCUT2D eigenvalue weighted by molar-refractivity contribution is -0.177. The number of thiophene rings is 1. The monoisotopic (exact) mass is 297 g/mol. The van der Waals surface area contributed by atoms with Gasteiger partial charge < -0.3 is 19.5 Å². The van der Waals surface area contributed by atoms with E-state index in [0.29, 0.717) is 24.1 Å². The average molecular weight is 297 g/mol. The van der Waals surface area contributed by atoms with E-state index >= 15 is 0 Å². The van der Waals surface area contributed by atoms with Gasteiger partial charge in [-0.2, -0.15) is 0 Å². The molecule has 2 heterocycles. The molecule has 2 aliphatic rings. The SMILES string of the molecule is COC(=O)c1sccc1NC1CCC2(CC1)OCCO2. The van der Waals surface area contributed by atoms with E-state index in [1.165, 1.54) is 18.4 Å². The van der Waals surface area contributed by atoms with Crippen molar-refractivity contribution in [1.82, 2.24) is 0 Å². The van der Waals surface area contributed by atoms with Crippen molar-refractivity contribution in [2.45, 2.75) is 37.5 Å². The van der Waals surface area contributed by atoms with Crippen molar-refractivity contribution in [3.8, 4) is 0 Å². The number of anilines is 1. The third kappa shape index (κ3) is 2.68. The fourth-order valence-electron chi connectivity index (χ4n) is 2.88. The summed E-state index contributed by atoms with van der Waals surface area (Å²) in [6, 6.07) is 2.29. The van der Waals surface area contributed by atoms with Crippen LogP contribution in [0, 0.1) is 0 Å². The summed E-state index contributed by atoms with van der Waals surface area (Å²) in [5.74, 6) is -0.616. The third-order valence-corrected chi connectivity index (χ3v) is 4.85. The molecule has 1 saturated carbocycles. The van der Waals surface area contributed by atoms with E-state index in [2.05, 4.69) is 5.32 Å². The molecule has 0 bridgehead atoms. The standard InChI is InChI=1S/C14H19NO4S/c1-17-13(16)12-11(4-9-20-12)15-10-2-5-14(6-3-10)18-7-8-19-14/h4,9-10,15H,2-3,5-8H2,1H3. The first-order valence-electron chi connectivity index (χ1n) is 6.93. The largest absolute Gasteiger partial charge is 0.465 e. The summed E-state index contributed by atoms with van der Waals surface area (Å²) in [5, 5.41) is 5.35. The van der Waals surface area contributed by atoms with Crippen molar-refractivity contribution >= 4 is 23.0 Å². The molecule has 110 valence electrons. The van der Waals surface area contributed by atoms with Gasteiger partial charge in [0.15, 0.2) is 5.79 Å². The summed E-state index contributed by atoms with van der Waals surface area (Å²) >= 11 is 1.40. The summed E-state index contributed by atoms with van der Waals surface area (Å²) in [7, 11) is 1.41. The molecule has 2 fully saturated rings. The Morgan fingerprint density at radius 3 is 2.75 bits per heavy atom. The number of carbonyl (C=O) groups excluding carboxylic acids is 1. The van der Waals surface area contributed by atoms with Gasteiger partial charge in [-0.3, -0.25) is 0 Å². The molecule has 0 aromatic carbocycles. The fraction of sp³-hybridized carbons (Fsp3) is 0.643. The van der Waals surface area contributed by atoms with E-state index < -0.39 is 0 Å². The quantitative estimate of drug-likeness (QED) is 0.869. The van der Waals surface area contributed by atoms with Crippen LogP contribution in [-0.2, 0) is 14.2 Å². The van der Waals surface area contributed by atoms with Crippen LogP contribution in [0.4, 0.5) is 5.69 Å². The van der Waals surface area contributed by atoms with Gasteiger partial charge in [0.05, 0.1) is 26.0 Å². The van der Waals surface area contributed by atoms with E-state index in [9.17, 15) is 4.79 Å². The van der Waals surface area contributed by atoms with Crippen LogP contribution < -0.4 is 5.32 Å². The van der Waals surface area contributed by atoms with Crippen molar-refractivity contribution in [3.63, 3.8) is 0 Å². The highest BCUT2D eigenvalue weighted by Gasteiger charge is 2.40. The smallest absolute Gasteiger partial charge is 0.350 e. The first-order chi connectivity index (χ1) is 9.72. The molecule has 1 aromatic heterocycles. The Kier molecular flexibility index (Phi) is 3.96. The molecule has 1 N–H and O–H groups in total. The number of hydrogen-bond acceptors (Lipinski definition) is 6. The minimum absolute atomic E-state index is 0.280. The van der Waals surface area contributed by atoms with Crippen LogP contribution in [0.5, 0.6) is 0 Å². The molecule has 0 radical (unpaired) electrons. The lowest BCUT2D eigenvalue weighted by atomic mass is 9.90. The van der Waals surface area contributed by atoms with E-state index in [1.54, 1.807) is 0 Å². The van der Waals surface area contributed by atoms with Crippen molar-refractivity contribution in [2.75, 3.05) is 25.6 Å². The van der Waals surface area contributed by atoms with Gasteiger partial charge in [-0.1, -0.05) is 0 Å². The van der Waals surface area contributed by atoms with Gasteiger partial charge in [0.1, 0.15) is 4.88 Å². The third-order valence-electron chi connectivity index (χ3n) is 3.96. The maximum Gasteiger partial charge on any atom is 0.350 e. The maximum atomic E-state index is 11.6. The Hall–Kier alpha value is -1.11. The minimum Gasteiger partial charge on any atom is -0.465 e. The molecule has 5 nitrogen and oxygen atoms in total. The topological polar surface area (TPSA) is 56.8 Å². The van der Waals surface area contributed by atoms with Gasteiger partial charge >= 0.3 is 5.97 Å². The van der Waals surface area contributed by atoms with Gasteiger partial charge in [0, 0.05) is 18.9 Å². The van der Waals surface area contributed by atoms with Crippen LogP contribution in [0.25, 0.3) is 0 Å². The van der Waals surface area contributed by atoms with Gasteiger partial charge in [0.25, 0.3) is 0 Å². The number of rotatable bonds is 3. The van der Waals surface area contributed by atoms with Crippen LogP contribution in [-0.4, -0.2) is 38.1 Å². The zero-order valence-corrected chi connectivity index (χ0v) is 12.3. The van der Waals surface area contributed by atoms with E-state index in [1.807, 2.05) is 11.4 Å². The molecule has 0 atom stereocenters. The highest BCUT2D eigenvalue weighted by atomic mass is 32.1. The fourth-order valence-corrected chi connectivity index (χ4v) is 3.65. The minimum atomic E-state index is -0.335. The molecule has 3 rings (SSSR count). The molecule has 1 aliphatic heterocycles. The van der Waals surface area contributed by atoms with Crippen LogP contribution in [0.2, 0.25) is 0 Å². The van der Waals surface area contributed by atoms with Crippen LogP contribution in [0.15, 0.2) is 11.4 Å². The van der Waals surface area contributed by atoms with Crippen molar-refractivity contribution < 1.29 is 19.0 Å². The maximum absolute atomic E-state index is 11.6.